The summed E-state index contributed by atoms with van der Waals surface area (Å²) in [4.78, 5) is 25.3. The molecule has 0 aromatic heterocycles. The maximum absolute atomic E-state index is 17.2. The molecule has 0 aromatic carbocycles. The first-order valence-electron chi connectivity index (χ1n) is 12.4. The van der Waals surface area contributed by atoms with Gasteiger partial charge in [-0.25, -0.2) is 4.39 Å². The number of ketones is 2. The minimum atomic E-state index is -1.96. The lowest BCUT2D eigenvalue weighted by atomic mass is 9.44. The smallest absolute Gasteiger partial charge is 0.193 e. The molecule has 1 saturated heterocycles. The summed E-state index contributed by atoms with van der Waals surface area (Å²) in [6.07, 6.45) is 6.81. The summed E-state index contributed by atoms with van der Waals surface area (Å²) in [5.74, 6) is -1.11. The molecule has 1 heterocycles. The third-order valence-corrected chi connectivity index (χ3v) is 10.5. The molecule has 0 aromatic rings. The lowest BCUT2D eigenvalue weighted by molar-refractivity contribution is -0.237. The first-order valence-corrected chi connectivity index (χ1v) is 12.4. The first-order chi connectivity index (χ1) is 15.6. The molecule has 6 nitrogen and oxygen atoms in total. The summed E-state index contributed by atoms with van der Waals surface area (Å²) >= 11 is 0. The number of alkyl halides is 1. The number of carbonyl (C=O) groups is 2. The van der Waals surface area contributed by atoms with Crippen LogP contribution in [0.5, 0.6) is 0 Å². The van der Waals surface area contributed by atoms with Gasteiger partial charge in [0.25, 0.3) is 0 Å². The van der Waals surface area contributed by atoms with Crippen molar-refractivity contribution in [2.24, 2.45) is 28.6 Å². The fourth-order valence-electron chi connectivity index (χ4n) is 8.52. The van der Waals surface area contributed by atoms with Crippen molar-refractivity contribution < 1.29 is 33.7 Å². The monoisotopic (exact) mass is 460 g/mol. The second-order valence-corrected chi connectivity index (χ2v) is 11.6. The van der Waals surface area contributed by atoms with Crippen LogP contribution in [0.4, 0.5) is 4.39 Å². The van der Waals surface area contributed by atoms with Gasteiger partial charge in [-0.1, -0.05) is 25.0 Å². The van der Waals surface area contributed by atoms with E-state index < -0.39 is 58.9 Å². The van der Waals surface area contributed by atoms with E-state index >= 15 is 4.39 Å². The van der Waals surface area contributed by atoms with Gasteiger partial charge in [0.05, 0.1) is 12.2 Å². The van der Waals surface area contributed by atoms with Crippen LogP contribution in [-0.4, -0.2) is 58.2 Å². The molecule has 2 N–H and O–H groups in total. The molecule has 0 unspecified atom stereocenters. The predicted octanol–water partition coefficient (Wildman–Crippen LogP) is 2.81. The fourth-order valence-corrected chi connectivity index (χ4v) is 8.52. The maximum Gasteiger partial charge on any atom is 0.193 e. The van der Waals surface area contributed by atoms with Gasteiger partial charge in [-0.2, -0.15) is 0 Å². The van der Waals surface area contributed by atoms with Crippen molar-refractivity contribution in [1.29, 1.82) is 0 Å². The van der Waals surface area contributed by atoms with Gasteiger partial charge in [-0.3, -0.25) is 9.59 Å². The maximum atomic E-state index is 17.2. The predicted molar refractivity (Wildman–Crippen MR) is 116 cm³/mol. The molecule has 7 heteroatoms. The Kier molecular flexibility index (Phi) is 4.57. The third kappa shape index (κ3) is 2.42. The van der Waals surface area contributed by atoms with Gasteiger partial charge in [0.15, 0.2) is 29.1 Å². The Labute approximate surface area is 193 Å². The molecule has 1 aliphatic heterocycles. The van der Waals surface area contributed by atoms with E-state index in [4.69, 9.17) is 9.47 Å². The van der Waals surface area contributed by atoms with Crippen molar-refractivity contribution in [3.8, 4) is 0 Å². The molecule has 5 aliphatic carbocycles. The average molecular weight is 461 g/mol. The molecular formula is C26H33FO6. The largest absolute Gasteiger partial charge is 0.390 e. The van der Waals surface area contributed by atoms with Crippen LogP contribution in [0.1, 0.15) is 58.8 Å². The molecule has 0 spiro atoms. The third-order valence-electron chi connectivity index (χ3n) is 10.5. The zero-order valence-corrected chi connectivity index (χ0v) is 19.3. The lowest BCUT2D eigenvalue weighted by Gasteiger charge is -2.62. The summed E-state index contributed by atoms with van der Waals surface area (Å²) in [7, 11) is 0. The molecule has 0 bridgehead atoms. The number of aliphatic hydroxyl groups is 2. The number of halogens is 1. The first kappa shape index (κ1) is 22.1. The van der Waals surface area contributed by atoms with Crippen LogP contribution in [0.15, 0.2) is 23.8 Å². The number of carbonyl (C=O) groups excluding carboxylic acids is 2. The summed E-state index contributed by atoms with van der Waals surface area (Å²) in [6, 6.07) is 0. The van der Waals surface area contributed by atoms with Crippen molar-refractivity contribution in [3.63, 3.8) is 0 Å². The van der Waals surface area contributed by atoms with Gasteiger partial charge in [0.1, 0.15) is 6.61 Å². The summed E-state index contributed by atoms with van der Waals surface area (Å²) < 4.78 is 30.1. The van der Waals surface area contributed by atoms with Gasteiger partial charge < -0.3 is 19.7 Å². The van der Waals surface area contributed by atoms with E-state index in [1.807, 2.05) is 6.92 Å². The Morgan fingerprint density at radius 3 is 2.67 bits per heavy atom. The standard InChI is InChI=1S/C26H33FO6/c1-23-9-8-16(29)10-15(23)6-7-17-18-11-21-26(20(31)13-28,33-22(32-21)14-4-3-5-14)24(18,2)12-19(30)25(17,23)27/h8-10,14,17-19,21-22,28,30H,3-7,11-13H2,1-2H3/t17-,18-,19-,21+,22+,23-,24-,25-,26+/m0/s1. The van der Waals surface area contributed by atoms with E-state index in [0.717, 1.165) is 24.8 Å². The van der Waals surface area contributed by atoms with Crippen LogP contribution in [0, 0.1) is 28.6 Å². The van der Waals surface area contributed by atoms with Crippen LogP contribution < -0.4 is 0 Å². The van der Waals surface area contributed by atoms with Crippen LogP contribution in [0.2, 0.25) is 0 Å². The number of fused-ring (bicyclic) bond motifs is 7. The highest BCUT2D eigenvalue weighted by atomic mass is 19.1. The SMILES string of the molecule is C[C@]12C=CC(=O)C=C1CC[C@H]1[C@@H]3C[C@H]4O[C@@H](C5CCC5)O[C@@]4(C(=O)CO)[C@@]3(C)C[C@H](O)[C@@]12F. The number of rotatable bonds is 3. The molecule has 180 valence electrons. The van der Waals surface area contributed by atoms with Gasteiger partial charge in [-0.15, -0.1) is 0 Å². The van der Waals surface area contributed by atoms with Crippen molar-refractivity contribution in [2.45, 2.75) is 88.6 Å². The highest BCUT2D eigenvalue weighted by molar-refractivity contribution is 6.01. The van der Waals surface area contributed by atoms with Crippen LogP contribution in [0.25, 0.3) is 0 Å². The molecule has 33 heavy (non-hydrogen) atoms. The van der Waals surface area contributed by atoms with E-state index in [1.54, 1.807) is 13.0 Å². The Hall–Kier alpha value is -1.41. The quantitative estimate of drug-likeness (QED) is 0.673. The number of Topliss-reactive ketones (excluding diaryl/α,β-unsaturated/α-hetero) is 1. The Morgan fingerprint density at radius 2 is 2.00 bits per heavy atom. The van der Waals surface area contributed by atoms with Gasteiger partial charge in [0.2, 0.25) is 0 Å². The molecule has 0 radical (unpaired) electrons. The van der Waals surface area contributed by atoms with Crippen molar-refractivity contribution in [2.75, 3.05) is 6.61 Å². The van der Waals surface area contributed by atoms with Gasteiger partial charge in [-0.05, 0) is 63.5 Å². The van der Waals surface area contributed by atoms with Crippen LogP contribution in [0.3, 0.4) is 0 Å². The summed E-state index contributed by atoms with van der Waals surface area (Å²) in [5.41, 5.74) is -4.54. The van der Waals surface area contributed by atoms with Gasteiger partial charge in [0, 0.05) is 22.7 Å². The molecule has 4 saturated carbocycles. The number of hydrogen-bond donors (Lipinski definition) is 2. The zero-order chi connectivity index (χ0) is 23.4. The van der Waals surface area contributed by atoms with E-state index in [9.17, 15) is 19.8 Å². The zero-order valence-electron chi connectivity index (χ0n) is 19.3. The van der Waals surface area contributed by atoms with Crippen LogP contribution >= 0.6 is 0 Å². The van der Waals surface area contributed by atoms with Crippen molar-refractivity contribution >= 4 is 11.6 Å². The highest BCUT2D eigenvalue weighted by Gasteiger charge is 2.79. The normalized spacial score (nSPS) is 52.9. The summed E-state index contributed by atoms with van der Waals surface area (Å²) in [5, 5.41) is 21.4. The average Bonchev–Trinajstić information content (AvgIpc) is 3.21. The molecule has 5 fully saturated rings. The highest BCUT2D eigenvalue weighted by Crippen LogP contribution is 2.72. The van der Waals surface area contributed by atoms with E-state index in [-0.39, 0.29) is 24.0 Å². The fraction of sp³-hybridized carbons (Fsp3) is 0.769. The minimum absolute atomic E-state index is 0.0400. The lowest BCUT2D eigenvalue weighted by Crippen LogP contribution is -2.69. The van der Waals surface area contributed by atoms with Gasteiger partial charge >= 0.3 is 0 Å². The van der Waals surface area contributed by atoms with E-state index in [2.05, 4.69) is 0 Å². The number of hydrogen-bond acceptors (Lipinski definition) is 6. The van der Waals surface area contributed by atoms with Crippen molar-refractivity contribution in [1.82, 2.24) is 0 Å². The second kappa shape index (κ2) is 6.84. The number of allylic oxidation sites excluding steroid dienone is 4. The number of aliphatic hydroxyl groups excluding tert-OH is 2. The van der Waals surface area contributed by atoms with Crippen LogP contribution in [-0.2, 0) is 19.1 Å². The Balaban J connectivity index is 1.43. The molecule has 9 atom stereocenters. The molecule has 6 rings (SSSR count). The van der Waals surface area contributed by atoms with E-state index in [0.29, 0.717) is 19.3 Å². The second-order valence-electron chi connectivity index (χ2n) is 11.6. The molecular weight excluding hydrogens is 427 g/mol. The molecule has 6 aliphatic rings. The minimum Gasteiger partial charge on any atom is -0.390 e. The Bertz CT molecular complexity index is 972. The summed E-state index contributed by atoms with van der Waals surface area (Å²) in [6.45, 7) is 3.04. The Morgan fingerprint density at radius 1 is 1.24 bits per heavy atom. The number of ether oxygens (including phenoxy) is 2. The topological polar surface area (TPSA) is 93.1 Å². The van der Waals surface area contributed by atoms with E-state index in [1.165, 1.54) is 12.2 Å². The molecule has 0 amide bonds. The van der Waals surface area contributed by atoms with Crippen molar-refractivity contribution in [3.05, 3.63) is 23.8 Å².